The molecule has 7 heteroatoms. The van der Waals surface area contributed by atoms with Gasteiger partial charge in [-0.05, 0) is 57.7 Å². The predicted octanol–water partition coefficient (Wildman–Crippen LogP) is 4.65. The lowest BCUT2D eigenvalue weighted by molar-refractivity contribution is -0.120. The van der Waals surface area contributed by atoms with Crippen molar-refractivity contribution in [3.8, 4) is 0 Å². The van der Waals surface area contributed by atoms with Gasteiger partial charge in [-0.2, -0.15) is 0 Å². The molecule has 3 rings (SSSR count). The molecule has 0 unspecified atom stereocenters. The number of amides is 1. The average Bonchev–Trinajstić information content (AvgIpc) is 3.05. The van der Waals surface area contributed by atoms with Crippen LogP contribution in [0.2, 0.25) is 0 Å². The summed E-state index contributed by atoms with van der Waals surface area (Å²) in [6, 6.07) is 6.05. The summed E-state index contributed by atoms with van der Waals surface area (Å²) in [5.74, 6) is -0.347. The van der Waals surface area contributed by atoms with Gasteiger partial charge in [0.05, 0.1) is 18.2 Å². The zero-order valence-electron chi connectivity index (χ0n) is 18.0. The second-order valence-corrected chi connectivity index (χ2v) is 9.05. The Kier molecular flexibility index (Phi) is 7.26. The molecule has 1 heterocycles. The van der Waals surface area contributed by atoms with Gasteiger partial charge in [-0.15, -0.1) is 11.3 Å². The number of esters is 1. The van der Waals surface area contributed by atoms with Crippen LogP contribution in [0.15, 0.2) is 24.3 Å². The Bertz CT molecular complexity index is 927. The fourth-order valence-corrected chi connectivity index (χ4v) is 5.11. The summed E-state index contributed by atoms with van der Waals surface area (Å²) in [6.07, 6.45) is 2.75. The van der Waals surface area contributed by atoms with Crippen molar-refractivity contribution in [2.75, 3.05) is 19.0 Å². The number of hydrogen-bond acceptors (Lipinski definition) is 5. The molecule has 0 saturated carbocycles. The summed E-state index contributed by atoms with van der Waals surface area (Å²) >= 11 is 1.47. The molecular formula is C23H29FN2O3S. The monoisotopic (exact) mass is 432 g/mol. The van der Waals surface area contributed by atoms with Crippen LogP contribution < -0.4 is 5.32 Å². The summed E-state index contributed by atoms with van der Waals surface area (Å²) in [5, 5.41) is 3.51. The third-order valence-electron chi connectivity index (χ3n) is 5.65. The molecule has 1 aromatic heterocycles. The molecule has 1 aliphatic carbocycles. The van der Waals surface area contributed by atoms with Crippen LogP contribution >= 0.6 is 11.3 Å². The first-order valence-corrected chi connectivity index (χ1v) is 11.2. The minimum absolute atomic E-state index is 0.231. The Hall–Kier alpha value is -2.25. The zero-order chi connectivity index (χ0) is 21.8. The molecule has 0 saturated heterocycles. The van der Waals surface area contributed by atoms with Gasteiger partial charge in [0.25, 0.3) is 0 Å². The highest BCUT2D eigenvalue weighted by Gasteiger charge is 2.30. The van der Waals surface area contributed by atoms with Crippen molar-refractivity contribution in [2.45, 2.75) is 52.6 Å². The Labute approximate surface area is 181 Å². The van der Waals surface area contributed by atoms with Gasteiger partial charge in [0.1, 0.15) is 10.8 Å². The highest BCUT2D eigenvalue weighted by Crippen LogP contribution is 2.40. The molecule has 0 radical (unpaired) electrons. The second kappa shape index (κ2) is 9.71. The van der Waals surface area contributed by atoms with Crippen LogP contribution in [0.4, 0.5) is 9.39 Å². The molecule has 0 bridgehead atoms. The number of carbonyl (C=O) groups excluding carboxylic acids is 2. The number of benzene rings is 1. The molecule has 2 atom stereocenters. The molecule has 0 fully saturated rings. The van der Waals surface area contributed by atoms with Crippen LogP contribution in [0.5, 0.6) is 0 Å². The Morgan fingerprint density at radius 3 is 2.80 bits per heavy atom. The number of rotatable bonds is 7. The lowest BCUT2D eigenvalue weighted by atomic mass is 9.88. The molecule has 162 valence electrons. The Morgan fingerprint density at radius 2 is 2.10 bits per heavy atom. The summed E-state index contributed by atoms with van der Waals surface area (Å²) in [7, 11) is 1.78. The fraction of sp³-hybridized carbons (Fsp3) is 0.478. The summed E-state index contributed by atoms with van der Waals surface area (Å²) in [6.45, 7) is 6.34. The normalized spacial score (nSPS) is 16.8. The number of thiophene rings is 1. The van der Waals surface area contributed by atoms with Crippen LogP contribution in [-0.2, 0) is 28.9 Å². The van der Waals surface area contributed by atoms with E-state index in [1.54, 1.807) is 44.0 Å². The van der Waals surface area contributed by atoms with Gasteiger partial charge in [-0.1, -0.05) is 25.1 Å². The third-order valence-corrected chi connectivity index (χ3v) is 6.82. The number of fused-ring (bicyclic) bond motifs is 1. The van der Waals surface area contributed by atoms with Gasteiger partial charge in [-0.25, -0.2) is 9.18 Å². The first kappa shape index (κ1) is 22.4. The van der Waals surface area contributed by atoms with Gasteiger partial charge >= 0.3 is 5.97 Å². The Balaban J connectivity index is 1.78. The zero-order valence-corrected chi connectivity index (χ0v) is 18.8. The van der Waals surface area contributed by atoms with Crippen molar-refractivity contribution in [2.24, 2.45) is 5.92 Å². The number of ether oxygens (including phenoxy) is 1. The standard InChI is InChI=1S/C23H29FN2O3S/c1-5-29-23(28)20-17-11-10-14(2)12-19(17)30-22(20)25-21(27)15(3)26(4)13-16-8-6-7-9-18(16)24/h6-9,14-15H,5,10-13H2,1-4H3,(H,25,27)/t14-,15+/m0/s1. The molecule has 30 heavy (non-hydrogen) atoms. The van der Waals surface area contributed by atoms with Gasteiger partial charge < -0.3 is 10.1 Å². The van der Waals surface area contributed by atoms with Gasteiger partial charge in [0, 0.05) is 17.0 Å². The third kappa shape index (κ3) is 4.90. The molecule has 2 aromatic rings. The van der Waals surface area contributed by atoms with Crippen LogP contribution in [0, 0.1) is 11.7 Å². The number of nitrogens with zero attached hydrogens (tertiary/aromatic N) is 1. The maximum atomic E-state index is 14.0. The number of nitrogens with one attached hydrogen (secondary N) is 1. The number of halogens is 1. The van der Waals surface area contributed by atoms with Crippen molar-refractivity contribution in [1.82, 2.24) is 4.90 Å². The molecule has 1 aromatic carbocycles. The smallest absolute Gasteiger partial charge is 0.341 e. The topological polar surface area (TPSA) is 58.6 Å². The highest BCUT2D eigenvalue weighted by molar-refractivity contribution is 7.17. The first-order chi connectivity index (χ1) is 14.3. The lowest BCUT2D eigenvalue weighted by Crippen LogP contribution is -2.39. The molecule has 0 aliphatic heterocycles. The van der Waals surface area contributed by atoms with E-state index < -0.39 is 6.04 Å². The van der Waals surface area contributed by atoms with Crippen molar-refractivity contribution in [1.29, 1.82) is 0 Å². The van der Waals surface area contributed by atoms with Crippen molar-refractivity contribution < 1.29 is 18.7 Å². The van der Waals surface area contributed by atoms with E-state index in [9.17, 15) is 14.0 Å². The first-order valence-electron chi connectivity index (χ1n) is 10.4. The van der Waals surface area contributed by atoms with E-state index in [4.69, 9.17) is 4.74 Å². The molecule has 1 aliphatic rings. The van der Waals surface area contributed by atoms with Crippen LogP contribution in [0.3, 0.4) is 0 Å². The minimum Gasteiger partial charge on any atom is -0.462 e. The molecule has 1 amide bonds. The van der Waals surface area contributed by atoms with Gasteiger partial charge in [0.15, 0.2) is 0 Å². The van der Waals surface area contributed by atoms with Crippen LogP contribution in [0.25, 0.3) is 0 Å². The van der Waals surface area contributed by atoms with Crippen LogP contribution in [-0.4, -0.2) is 36.5 Å². The molecule has 0 spiro atoms. The van der Waals surface area contributed by atoms with Crippen molar-refractivity contribution in [3.63, 3.8) is 0 Å². The van der Waals surface area contributed by atoms with E-state index >= 15 is 0 Å². The van der Waals surface area contributed by atoms with E-state index in [-0.39, 0.29) is 24.3 Å². The van der Waals surface area contributed by atoms with Gasteiger partial charge in [0.2, 0.25) is 5.91 Å². The highest BCUT2D eigenvalue weighted by atomic mass is 32.1. The van der Waals surface area contributed by atoms with E-state index in [1.807, 2.05) is 0 Å². The fourth-order valence-electron chi connectivity index (χ4n) is 3.71. The average molecular weight is 433 g/mol. The molecular weight excluding hydrogens is 403 g/mol. The number of likely N-dealkylation sites (N-methyl/N-ethyl adjacent to an activating group) is 1. The van der Waals surface area contributed by atoms with E-state index in [0.717, 1.165) is 29.7 Å². The molecule has 1 N–H and O–H groups in total. The largest absolute Gasteiger partial charge is 0.462 e. The van der Waals surface area contributed by atoms with Gasteiger partial charge in [-0.3, -0.25) is 9.69 Å². The van der Waals surface area contributed by atoms with E-state index in [0.29, 0.717) is 28.6 Å². The minimum atomic E-state index is -0.502. The lowest BCUT2D eigenvalue weighted by Gasteiger charge is -2.24. The summed E-state index contributed by atoms with van der Waals surface area (Å²) in [5.41, 5.74) is 2.05. The number of carbonyl (C=O) groups is 2. The van der Waals surface area contributed by atoms with E-state index in [2.05, 4.69) is 12.2 Å². The van der Waals surface area contributed by atoms with Crippen LogP contribution in [0.1, 0.15) is 53.6 Å². The van der Waals surface area contributed by atoms with Crippen molar-refractivity contribution in [3.05, 3.63) is 51.7 Å². The maximum Gasteiger partial charge on any atom is 0.341 e. The quantitative estimate of drug-likeness (QED) is 0.647. The maximum absolute atomic E-state index is 14.0. The summed E-state index contributed by atoms with van der Waals surface area (Å²) in [4.78, 5) is 28.5. The van der Waals surface area contributed by atoms with Crippen molar-refractivity contribution >= 4 is 28.2 Å². The SMILES string of the molecule is CCOC(=O)c1c(NC(=O)[C@@H](C)N(C)Cc2ccccc2F)sc2c1CC[C@H](C)C2. The van der Waals surface area contributed by atoms with E-state index in [1.165, 1.54) is 17.4 Å². The predicted molar refractivity (Wildman–Crippen MR) is 117 cm³/mol. The number of anilines is 1. The number of hydrogen-bond donors (Lipinski definition) is 1. The Morgan fingerprint density at radius 1 is 1.37 bits per heavy atom. The molecule has 5 nitrogen and oxygen atoms in total. The second-order valence-electron chi connectivity index (χ2n) is 7.95. The summed E-state index contributed by atoms with van der Waals surface area (Å²) < 4.78 is 19.2.